The molecule has 33 heavy (non-hydrogen) atoms. The van der Waals surface area contributed by atoms with Gasteiger partial charge in [0, 0.05) is 37.4 Å². The number of nitrogens with zero attached hydrogens (tertiary/aromatic N) is 1. The molecule has 0 radical (unpaired) electrons. The third-order valence-electron chi connectivity index (χ3n) is 6.50. The van der Waals surface area contributed by atoms with Gasteiger partial charge in [0.25, 0.3) is 5.91 Å². The van der Waals surface area contributed by atoms with Gasteiger partial charge in [-0.25, -0.2) is 4.39 Å². The normalized spacial score (nSPS) is 18.3. The van der Waals surface area contributed by atoms with Crippen LogP contribution in [0.2, 0.25) is 0 Å². The molecule has 2 saturated heterocycles. The summed E-state index contributed by atoms with van der Waals surface area (Å²) in [4.78, 5) is 26.3. The molecule has 2 aromatic rings. The highest BCUT2D eigenvalue weighted by atomic mass is 19.1. The molecule has 8 heteroatoms. The average molecular weight is 455 g/mol. The number of aliphatic carboxylic acids is 1. The molecule has 1 unspecified atom stereocenters. The van der Waals surface area contributed by atoms with Crippen molar-refractivity contribution in [1.29, 1.82) is 0 Å². The summed E-state index contributed by atoms with van der Waals surface area (Å²) in [5, 5.41) is 19.3. The van der Waals surface area contributed by atoms with Gasteiger partial charge in [0.1, 0.15) is 12.1 Å². The fourth-order valence-electron chi connectivity index (χ4n) is 4.78. The van der Waals surface area contributed by atoms with Crippen LogP contribution in [0, 0.1) is 11.7 Å². The standard InChI is InChI=1S/C25H31FN4O3/c26-21-5-1-3-18(14-21)20(16-23(31)32)13-17-7-11-30(12-8-17)24(33)19-4-2-6-22(15-19)29-25-27-9-10-28-25/h1-6,14-15,17,20,25,27-29H,7-13,16H2,(H,31,32). The average Bonchev–Trinajstić information content (AvgIpc) is 3.31. The van der Waals surface area contributed by atoms with Gasteiger partial charge in [-0.15, -0.1) is 0 Å². The maximum atomic E-state index is 13.7. The van der Waals surface area contributed by atoms with Gasteiger partial charge in [-0.3, -0.25) is 20.2 Å². The molecular formula is C25H31FN4O3. The zero-order valence-corrected chi connectivity index (χ0v) is 18.6. The van der Waals surface area contributed by atoms with Gasteiger partial charge in [0.2, 0.25) is 0 Å². The molecule has 2 aliphatic heterocycles. The third kappa shape index (κ3) is 6.30. The van der Waals surface area contributed by atoms with E-state index in [1.165, 1.54) is 12.1 Å². The molecule has 2 heterocycles. The molecule has 0 bridgehead atoms. The molecule has 7 nitrogen and oxygen atoms in total. The van der Waals surface area contributed by atoms with Crippen LogP contribution >= 0.6 is 0 Å². The Hall–Kier alpha value is -2.97. The number of carbonyl (C=O) groups is 2. The molecule has 2 aliphatic rings. The molecule has 4 rings (SSSR count). The fourth-order valence-corrected chi connectivity index (χ4v) is 4.78. The number of carbonyl (C=O) groups excluding carboxylic acids is 1. The number of likely N-dealkylation sites (tertiary alicyclic amines) is 1. The number of amides is 1. The van der Waals surface area contributed by atoms with Crippen LogP contribution in [0.3, 0.4) is 0 Å². The van der Waals surface area contributed by atoms with Gasteiger partial charge in [-0.2, -0.15) is 0 Å². The smallest absolute Gasteiger partial charge is 0.303 e. The molecule has 0 spiro atoms. The van der Waals surface area contributed by atoms with Crippen molar-refractivity contribution in [1.82, 2.24) is 15.5 Å². The van der Waals surface area contributed by atoms with Gasteiger partial charge in [0.05, 0.1) is 6.42 Å². The molecule has 176 valence electrons. The monoisotopic (exact) mass is 454 g/mol. The Labute approximate surface area is 193 Å². The van der Waals surface area contributed by atoms with Crippen LogP contribution in [0.1, 0.15) is 47.5 Å². The molecule has 4 N–H and O–H groups in total. The Morgan fingerprint density at radius 2 is 1.82 bits per heavy atom. The van der Waals surface area contributed by atoms with Gasteiger partial charge in [-0.1, -0.05) is 18.2 Å². The lowest BCUT2D eigenvalue weighted by Gasteiger charge is -2.34. The number of halogens is 1. The van der Waals surface area contributed by atoms with Crippen molar-refractivity contribution in [3.05, 3.63) is 65.5 Å². The molecule has 1 amide bonds. The number of hydrogen-bond acceptors (Lipinski definition) is 5. The first-order valence-corrected chi connectivity index (χ1v) is 11.6. The van der Waals surface area contributed by atoms with Gasteiger partial charge >= 0.3 is 5.97 Å². The lowest BCUT2D eigenvalue weighted by Crippen LogP contribution is -2.39. The summed E-state index contributed by atoms with van der Waals surface area (Å²) in [6, 6.07) is 13.8. The van der Waals surface area contributed by atoms with E-state index in [-0.39, 0.29) is 30.4 Å². The van der Waals surface area contributed by atoms with E-state index in [0.29, 0.717) is 31.0 Å². The summed E-state index contributed by atoms with van der Waals surface area (Å²) in [6.07, 6.45) is 2.28. The van der Waals surface area contributed by atoms with Crippen LogP contribution in [0.25, 0.3) is 0 Å². The number of piperidine rings is 1. The minimum Gasteiger partial charge on any atom is -0.481 e. The van der Waals surface area contributed by atoms with Crippen molar-refractivity contribution >= 4 is 17.6 Å². The predicted octanol–water partition coefficient (Wildman–Crippen LogP) is 3.21. The van der Waals surface area contributed by atoms with Crippen LogP contribution in [-0.4, -0.2) is 54.4 Å². The number of nitrogens with one attached hydrogen (secondary N) is 3. The van der Waals surface area contributed by atoms with E-state index in [1.807, 2.05) is 29.2 Å². The first-order valence-electron chi connectivity index (χ1n) is 11.6. The van der Waals surface area contributed by atoms with Gasteiger partial charge in [0.15, 0.2) is 0 Å². The second-order valence-electron chi connectivity index (χ2n) is 8.89. The van der Waals surface area contributed by atoms with E-state index >= 15 is 0 Å². The van der Waals surface area contributed by atoms with Crippen LogP contribution in [0.4, 0.5) is 10.1 Å². The first kappa shape index (κ1) is 23.2. The van der Waals surface area contributed by atoms with E-state index in [2.05, 4.69) is 16.0 Å². The topological polar surface area (TPSA) is 93.7 Å². The zero-order chi connectivity index (χ0) is 23.2. The second kappa shape index (κ2) is 10.8. The Balaban J connectivity index is 1.34. The van der Waals surface area contributed by atoms with E-state index in [0.717, 1.165) is 37.2 Å². The highest BCUT2D eigenvalue weighted by Crippen LogP contribution is 2.33. The molecule has 2 aromatic carbocycles. The predicted molar refractivity (Wildman–Crippen MR) is 124 cm³/mol. The maximum Gasteiger partial charge on any atom is 0.303 e. The fraction of sp³-hybridized carbons (Fsp3) is 0.440. The van der Waals surface area contributed by atoms with E-state index in [4.69, 9.17) is 0 Å². The SMILES string of the molecule is O=C(O)CC(CC1CCN(C(=O)c2cccc(NC3NCCN3)c2)CC1)c1cccc(F)c1. The van der Waals surface area contributed by atoms with E-state index in [1.54, 1.807) is 12.1 Å². The van der Waals surface area contributed by atoms with Crippen LogP contribution < -0.4 is 16.0 Å². The van der Waals surface area contributed by atoms with Crippen LogP contribution in [0.5, 0.6) is 0 Å². The first-order chi connectivity index (χ1) is 16.0. The van der Waals surface area contributed by atoms with E-state index in [9.17, 15) is 19.1 Å². The Bertz CT molecular complexity index is 972. The Kier molecular flexibility index (Phi) is 7.57. The van der Waals surface area contributed by atoms with Gasteiger partial charge in [-0.05, 0) is 67.0 Å². The Morgan fingerprint density at radius 3 is 2.52 bits per heavy atom. The van der Waals surface area contributed by atoms with Crippen molar-refractivity contribution in [2.24, 2.45) is 5.92 Å². The summed E-state index contributed by atoms with van der Waals surface area (Å²) < 4.78 is 13.7. The minimum atomic E-state index is -0.881. The number of hydrogen-bond donors (Lipinski definition) is 4. The number of carboxylic acid groups (broad SMARTS) is 1. The third-order valence-corrected chi connectivity index (χ3v) is 6.50. The molecular weight excluding hydrogens is 423 g/mol. The van der Waals surface area contributed by atoms with Crippen LogP contribution in [0.15, 0.2) is 48.5 Å². The lowest BCUT2D eigenvalue weighted by atomic mass is 9.82. The molecule has 0 saturated carbocycles. The minimum absolute atomic E-state index is 0.00272. The quantitative estimate of drug-likeness (QED) is 0.490. The number of anilines is 1. The molecule has 0 aromatic heterocycles. The van der Waals surface area contributed by atoms with Crippen molar-refractivity contribution in [3.8, 4) is 0 Å². The summed E-state index contributed by atoms with van der Waals surface area (Å²) in [5.74, 6) is -1.15. The van der Waals surface area contributed by atoms with Crippen molar-refractivity contribution in [2.45, 2.75) is 37.9 Å². The summed E-state index contributed by atoms with van der Waals surface area (Å²) >= 11 is 0. The van der Waals surface area contributed by atoms with Crippen molar-refractivity contribution in [3.63, 3.8) is 0 Å². The lowest BCUT2D eigenvalue weighted by molar-refractivity contribution is -0.137. The van der Waals surface area contributed by atoms with Crippen molar-refractivity contribution < 1.29 is 19.1 Å². The highest BCUT2D eigenvalue weighted by Gasteiger charge is 2.27. The summed E-state index contributed by atoms with van der Waals surface area (Å²) in [5.41, 5.74) is 2.26. The van der Waals surface area contributed by atoms with Crippen molar-refractivity contribution in [2.75, 3.05) is 31.5 Å². The van der Waals surface area contributed by atoms with Gasteiger partial charge < -0.3 is 15.3 Å². The van der Waals surface area contributed by atoms with Crippen LogP contribution in [-0.2, 0) is 4.79 Å². The second-order valence-corrected chi connectivity index (χ2v) is 8.89. The molecule has 2 fully saturated rings. The Morgan fingerprint density at radius 1 is 1.09 bits per heavy atom. The number of carboxylic acids is 1. The number of rotatable bonds is 8. The highest BCUT2D eigenvalue weighted by molar-refractivity contribution is 5.95. The summed E-state index contributed by atoms with van der Waals surface area (Å²) in [6.45, 7) is 3.07. The largest absolute Gasteiger partial charge is 0.481 e. The van der Waals surface area contributed by atoms with E-state index < -0.39 is 5.97 Å². The molecule has 1 atom stereocenters. The maximum absolute atomic E-state index is 13.7. The zero-order valence-electron chi connectivity index (χ0n) is 18.6. The number of benzene rings is 2. The molecule has 0 aliphatic carbocycles. The summed E-state index contributed by atoms with van der Waals surface area (Å²) in [7, 11) is 0.